The molecule has 0 spiro atoms. The van der Waals surface area contributed by atoms with Crippen LogP contribution in [-0.2, 0) is 19.6 Å². The molecule has 1 atom stereocenters. The van der Waals surface area contributed by atoms with Crippen molar-refractivity contribution in [1.29, 1.82) is 0 Å². The van der Waals surface area contributed by atoms with Crippen molar-refractivity contribution in [2.75, 3.05) is 33.2 Å². The lowest BCUT2D eigenvalue weighted by molar-refractivity contribution is -0.922. The number of nitrogens with zero attached hydrogens (tertiary/aromatic N) is 2. The van der Waals surface area contributed by atoms with E-state index in [4.69, 9.17) is 0 Å². The Bertz CT molecular complexity index is 623. The van der Waals surface area contributed by atoms with E-state index in [2.05, 4.69) is 65.8 Å². The minimum Gasteiger partial charge on any atom is -0.348 e. The van der Waals surface area contributed by atoms with Crippen LogP contribution in [0.4, 0.5) is 0 Å². The second kappa shape index (κ2) is 12.7. The number of quaternary nitrogens is 1. The van der Waals surface area contributed by atoms with Crippen LogP contribution >= 0.6 is 0 Å². The number of unbranched alkanes of at least 4 members (excludes halogenated alkanes) is 1. The number of H-pyrrole nitrogens is 1. The monoisotopic (exact) mass is 386 g/mol. The first kappa shape index (κ1) is 22.6. The predicted octanol–water partition coefficient (Wildman–Crippen LogP) is 3.84. The van der Waals surface area contributed by atoms with E-state index in [9.17, 15) is 0 Å². The predicted molar refractivity (Wildman–Crippen MR) is 118 cm³/mol. The Labute approximate surface area is 171 Å². The Kier molecular flexibility index (Phi) is 10.3. The molecule has 156 valence electrons. The van der Waals surface area contributed by atoms with Crippen LogP contribution in [0, 0.1) is 0 Å². The Morgan fingerprint density at radius 2 is 1.68 bits per heavy atom. The van der Waals surface area contributed by atoms with Gasteiger partial charge in [0.25, 0.3) is 0 Å². The van der Waals surface area contributed by atoms with Crippen LogP contribution in [0.3, 0.4) is 0 Å². The molecule has 2 aromatic rings. The van der Waals surface area contributed by atoms with Gasteiger partial charge in [-0.2, -0.15) is 0 Å². The zero-order valence-electron chi connectivity index (χ0n) is 18.1. The van der Waals surface area contributed by atoms with Crippen molar-refractivity contribution in [2.45, 2.75) is 59.2 Å². The Morgan fingerprint density at radius 3 is 2.36 bits per heavy atom. The molecule has 0 aliphatic carbocycles. The second-order valence-electron chi connectivity index (χ2n) is 8.14. The van der Waals surface area contributed by atoms with E-state index in [0.29, 0.717) is 0 Å². The summed E-state index contributed by atoms with van der Waals surface area (Å²) in [7, 11) is 2.42. The van der Waals surface area contributed by atoms with Crippen LogP contribution in [0.25, 0.3) is 0 Å². The molecule has 0 radical (unpaired) electrons. The standard InChI is InChI=1S/C23H40N5/c1-4-12-24-13-6-7-17-28(3,16-5-2)20-22-10-8-21(9-11-22)18-25-19-23-26-14-15-27-23/h8-11,14-15,24-25H,4-7,12-13,16-20H2,1-3H3,(H,26,27)/q+1. The molecule has 2 rings (SSSR count). The fourth-order valence-electron chi connectivity index (χ4n) is 3.78. The quantitative estimate of drug-likeness (QED) is 0.322. The lowest BCUT2D eigenvalue weighted by Crippen LogP contribution is -2.44. The summed E-state index contributed by atoms with van der Waals surface area (Å²) in [4.78, 5) is 7.36. The first-order valence-corrected chi connectivity index (χ1v) is 11.0. The summed E-state index contributed by atoms with van der Waals surface area (Å²) in [5.41, 5.74) is 2.76. The lowest BCUT2D eigenvalue weighted by Gasteiger charge is -2.34. The van der Waals surface area contributed by atoms with Gasteiger partial charge >= 0.3 is 0 Å². The maximum Gasteiger partial charge on any atom is 0.120 e. The number of aromatic amines is 1. The molecule has 0 fully saturated rings. The van der Waals surface area contributed by atoms with E-state index in [1.165, 1.54) is 49.9 Å². The highest BCUT2D eigenvalue weighted by atomic mass is 15.3. The van der Waals surface area contributed by atoms with Crippen molar-refractivity contribution in [3.63, 3.8) is 0 Å². The molecule has 0 aliphatic rings. The van der Waals surface area contributed by atoms with Crippen LogP contribution in [0.1, 0.15) is 56.5 Å². The van der Waals surface area contributed by atoms with Gasteiger partial charge in [-0.25, -0.2) is 4.98 Å². The van der Waals surface area contributed by atoms with E-state index in [-0.39, 0.29) is 0 Å². The van der Waals surface area contributed by atoms with E-state index < -0.39 is 0 Å². The van der Waals surface area contributed by atoms with Crippen LogP contribution in [0.5, 0.6) is 0 Å². The third kappa shape index (κ3) is 8.55. The van der Waals surface area contributed by atoms with E-state index in [1.54, 1.807) is 6.20 Å². The smallest absolute Gasteiger partial charge is 0.120 e. The molecule has 0 amide bonds. The highest BCUT2D eigenvalue weighted by Crippen LogP contribution is 2.15. The third-order valence-corrected chi connectivity index (χ3v) is 5.26. The molecule has 0 aliphatic heterocycles. The zero-order valence-corrected chi connectivity index (χ0v) is 18.1. The minimum absolute atomic E-state index is 0.771. The average Bonchev–Trinajstić information content (AvgIpc) is 3.20. The topological polar surface area (TPSA) is 52.7 Å². The number of benzene rings is 1. The number of hydrogen-bond donors (Lipinski definition) is 3. The molecule has 1 unspecified atom stereocenters. The molecule has 0 saturated carbocycles. The van der Waals surface area contributed by atoms with Gasteiger partial charge in [-0.1, -0.05) is 38.1 Å². The first-order chi connectivity index (χ1) is 13.6. The highest BCUT2D eigenvalue weighted by Gasteiger charge is 2.20. The van der Waals surface area contributed by atoms with Gasteiger partial charge in [-0.05, 0) is 44.3 Å². The van der Waals surface area contributed by atoms with Gasteiger partial charge in [-0.15, -0.1) is 0 Å². The summed E-state index contributed by atoms with van der Waals surface area (Å²) in [5.74, 6) is 0.981. The zero-order chi connectivity index (χ0) is 20.1. The normalized spacial score (nSPS) is 13.5. The molecule has 28 heavy (non-hydrogen) atoms. The average molecular weight is 387 g/mol. The molecule has 1 aromatic heterocycles. The van der Waals surface area contributed by atoms with Crippen LogP contribution in [0.15, 0.2) is 36.7 Å². The number of hydrogen-bond acceptors (Lipinski definition) is 3. The maximum atomic E-state index is 4.24. The Balaban J connectivity index is 1.77. The van der Waals surface area contributed by atoms with Crippen molar-refractivity contribution in [2.24, 2.45) is 0 Å². The van der Waals surface area contributed by atoms with Crippen LogP contribution in [-0.4, -0.2) is 47.7 Å². The molecule has 5 nitrogen and oxygen atoms in total. The van der Waals surface area contributed by atoms with Gasteiger partial charge in [0.2, 0.25) is 0 Å². The number of imidazole rings is 1. The van der Waals surface area contributed by atoms with Gasteiger partial charge < -0.3 is 20.1 Å². The second-order valence-corrected chi connectivity index (χ2v) is 8.14. The van der Waals surface area contributed by atoms with E-state index >= 15 is 0 Å². The lowest BCUT2D eigenvalue weighted by atomic mass is 10.1. The largest absolute Gasteiger partial charge is 0.348 e. The van der Waals surface area contributed by atoms with E-state index in [1.807, 2.05) is 6.20 Å². The van der Waals surface area contributed by atoms with Crippen molar-refractivity contribution in [1.82, 2.24) is 20.6 Å². The third-order valence-electron chi connectivity index (χ3n) is 5.26. The van der Waals surface area contributed by atoms with Gasteiger partial charge in [-0.3, -0.25) is 0 Å². The Morgan fingerprint density at radius 1 is 0.893 bits per heavy atom. The summed E-state index contributed by atoms with van der Waals surface area (Å²) >= 11 is 0. The van der Waals surface area contributed by atoms with Gasteiger partial charge in [0, 0.05) is 24.5 Å². The number of nitrogens with one attached hydrogen (secondary N) is 3. The fraction of sp³-hybridized carbons (Fsp3) is 0.609. The van der Waals surface area contributed by atoms with Crippen LogP contribution in [0.2, 0.25) is 0 Å². The summed E-state index contributed by atoms with van der Waals surface area (Å²) in [6, 6.07) is 9.13. The van der Waals surface area contributed by atoms with Crippen molar-refractivity contribution in [3.8, 4) is 0 Å². The summed E-state index contributed by atoms with van der Waals surface area (Å²) in [6.07, 6.45) is 8.68. The summed E-state index contributed by atoms with van der Waals surface area (Å²) in [6.45, 7) is 12.1. The number of rotatable bonds is 15. The van der Waals surface area contributed by atoms with Crippen LogP contribution < -0.4 is 10.6 Å². The fourth-order valence-corrected chi connectivity index (χ4v) is 3.78. The van der Waals surface area contributed by atoms with Crippen molar-refractivity contribution >= 4 is 0 Å². The van der Waals surface area contributed by atoms with Crippen molar-refractivity contribution in [3.05, 3.63) is 53.6 Å². The Hall–Kier alpha value is -1.69. The van der Waals surface area contributed by atoms with Gasteiger partial charge in [0.15, 0.2) is 0 Å². The van der Waals surface area contributed by atoms with E-state index in [0.717, 1.165) is 43.0 Å². The summed E-state index contributed by atoms with van der Waals surface area (Å²) < 4.78 is 1.14. The molecule has 5 heteroatoms. The maximum absolute atomic E-state index is 4.24. The molecule has 3 N–H and O–H groups in total. The molecule has 1 aromatic carbocycles. The minimum atomic E-state index is 0.771. The van der Waals surface area contributed by atoms with Crippen molar-refractivity contribution < 1.29 is 4.48 Å². The molecule has 0 saturated heterocycles. The van der Waals surface area contributed by atoms with Gasteiger partial charge in [0.1, 0.15) is 12.4 Å². The molecular formula is C23H40N5+. The molecular weight excluding hydrogens is 346 g/mol. The molecule has 0 bridgehead atoms. The highest BCUT2D eigenvalue weighted by molar-refractivity contribution is 5.22. The molecule has 1 heterocycles. The SMILES string of the molecule is CCCNCCCC[N+](C)(CCC)Cc1ccc(CNCc2ncc[nH]2)cc1. The number of aromatic nitrogens is 2. The first-order valence-electron chi connectivity index (χ1n) is 11.0. The van der Waals surface area contributed by atoms with Gasteiger partial charge in [0.05, 0.1) is 26.7 Å². The summed E-state index contributed by atoms with van der Waals surface area (Å²) in [5, 5.41) is 6.95.